The van der Waals surface area contributed by atoms with E-state index in [2.05, 4.69) is 10.6 Å². The minimum absolute atomic E-state index is 0. The summed E-state index contributed by atoms with van der Waals surface area (Å²) in [6.45, 7) is 1.32. The van der Waals surface area contributed by atoms with Gasteiger partial charge in [-0.05, 0) is 22.8 Å². The Labute approximate surface area is 168 Å². The van der Waals surface area contributed by atoms with E-state index in [1.54, 1.807) is 0 Å². The molecule has 1 atom stereocenters. The predicted octanol–water partition coefficient (Wildman–Crippen LogP) is 3.15. The van der Waals surface area contributed by atoms with Gasteiger partial charge in [0.05, 0.1) is 0 Å². The molecule has 8 heteroatoms. The van der Waals surface area contributed by atoms with Crippen molar-refractivity contribution in [2.45, 2.75) is 25.1 Å². The SMILES string of the molecule is Cl.O=C(CCc1ccc2ccccc2c1)NCC(N1CCNCC1)C(F)(F)F. The fourth-order valence-electron chi connectivity index (χ4n) is 3.40. The Hall–Kier alpha value is -1.83. The summed E-state index contributed by atoms with van der Waals surface area (Å²) in [5.74, 6) is -0.354. The molecule has 154 valence electrons. The van der Waals surface area contributed by atoms with Gasteiger partial charge in [-0.15, -0.1) is 12.4 Å². The number of amides is 1. The van der Waals surface area contributed by atoms with Crippen molar-refractivity contribution in [2.75, 3.05) is 32.7 Å². The number of nitrogens with one attached hydrogen (secondary N) is 2. The molecule has 3 rings (SSSR count). The molecule has 0 bridgehead atoms. The van der Waals surface area contributed by atoms with E-state index in [0.717, 1.165) is 16.3 Å². The number of halogens is 4. The van der Waals surface area contributed by atoms with Crippen LogP contribution >= 0.6 is 12.4 Å². The third kappa shape index (κ3) is 6.09. The number of hydrogen-bond acceptors (Lipinski definition) is 3. The highest BCUT2D eigenvalue weighted by Crippen LogP contribution is 2.25. The summed E-state index contributed by atoms with van der Waals surface area (Å²) in [6.07, 6.45) is -3.69. The zero-order valence-corrected chi connectivity index (χ0v) is 16.3. The molecular formula is C20H25ClF3N3O. The van der Waals surface area contributed by atoms with E-state index < -0.39 is 18.8 Å². The largest absolute Gasteiger partial charge is 0.405 e. The molecule has 1 heterocycles. The van der Waals surface area contributed by atoms with Gasteiger partial charge in [0, 0.05) is 39.1 Å². The van der Waals surface area contributed by atoms with Crippen LogP contribution in [0.15, 0.2) is 42.5 Å². The number of benzene rings is 2. The number of alkyl halides is 3. The van der Waals surface area contributed by atoms with E-state index in [4.69, 9.17) is 0 Å². The van der Waals surface area contributed by atoms with Gasteiger partial charge in [-0.2, -0.15) is 13.2 Å². The van der Waals surface area contributed by atoms with Gasteiger partial charge in [-0.25, -0.2) is 0 Å². The normalized spacial score (nSPS) is 16.4. The minimum atomic E-state index is -4.36. The standard InChI is InChI=1S/C20H24F3N3O.ClH/c21-20(22,23)18(26-11-9-24-10-12-26)14-25-19(27)8-6-15-5-7-16-3-1-2-4-17(16)13-15;/h1-5,7,13,18,24H,6,8-12,14H2,(H,25,27);1H. The molecule has 0 spiro atoms. The van der Waals surface area contributed by atoms with E-state index in [9.17, 15) is 18.0 Å². The maximum absolute atomic E-state index is 13.3. The monoisotopic (exact) mass is 415 g/mol. The van der Waals surface area contributed by atoms with Crippen LogP contribution in [0, 0.1) is 0 Å². The first-order valence-electron chi connectivity index (χ1n) is 9.19. The molecule has 2 N–H and O–H groups in total. The molecule has 1 unspecified atom stereocenters. The van der Waals surface area contributed by atoms with Crippen molar-refractivity contribution in [3.05, 3.63) is 48.0 Å². The Morgan fingerprint density at radius 1 is 1.11 bits per heavy atom. The van der Waals surface area contributed by atoms with Crippen LogP contribution in [-0.4, -0.2) is 55.7 Å². The lowest BCUT2D eigenvalue weighted by Gasteiger charge is -2.35. The summed E-state index contributed by atoms with van der Waals surface area (Å²) in [7, 11) is 0. The van der Waals surface area contributed by atoms with Crippen LogP contribution in [0.4, 0.5) is 13.2 Å². The van der Waals surface area contributed by atoms with Gasteiger partial charge in [0.2, 0.25) is 5.91 Å². The van der Waals surface area contributed by atoms with Crippen LogP contribution in [0.25, 0.3) is 10.8 Å². The molecule has 1 aliphatic heterocycles. The smallest absolute Gasteiger partial charge is 0.354 e. The number of carbonyl (C=O) groups excluding carboxylic acids is 1. The average molecular weight is 416 g/mol. The van der Waals surface area contributed by atoms with Gasteiger partial charge in [0.15, 0.2) is 0 Å². The molecule has 1 amide bonds. The fourth-order valence-corrected chi connectivity index (χ4v) is 3.40. The first-order chi connectivity index (χ1) is 12.9. The molecular weight excluding hydrogens is 391 g/mol. The highest BCUT2D eigenvalue weighted by molar-refractivity contribution is 5.85. The van der Waals surface area contributed by atoms with E-state index >= 15 is 0 Å². The van der Waals surface area contributed by atoms with Gasteiger partial charge in [0.1, 0.15) is 6.04 Å². The number of piperazine rings is 1. The lowest BCUT2D eigenvalue weighted by Crippen LogP contribution is -2.57. The summed E-state index contributed by atoms with van der Waals surface area (Å²) in [5.41, 5.74) is 0.998. The molecule has 2 aromatic carbocycles. The van der Waals surface area contributed by atoms with Crippen molar-refractivity contribution in [1.29, 1.82) is 0 Å². The third-order valence-corrected chi connectivity index (χ3v) is 4.92. The molecule has 2 aromatic rings. The number of aryl methyl sites for hydroxylation is 1. The maximum Gasteiger partial charge on any atom is 0.405 e. The average Bonchev–Trinajstić information content (AvgIpc) is 2.66. The summed E-state index contributed by atoms with van der Waals surface area (Å²) in [6, 6.07) is 12.3. The van der Waals surface area contributed by atoms with Crippen molar-refractivity contribution in [3.63, 3.8) is 0 Å². The second kappa shape index (κ2) is 10.1. The zero-order valence-electron chi connectivity index (χ0n) is 15.5. The van der Waals surface area contributed by atoms with Crippen LogP contribution in [0.5, 0.6) is 0 Å². The summed E-state index contributed by atoms with van der Waals surface area (Å²) in [5, 5.41) is 7.72. The lowest BCUT2D eigenvalue weighted by molar-refractivity contribution is -0.184. The molecule has 1 aliphatic rings. The highest BCUT2D eigenvalue weighted by Gasteiger charge is 2.43. The molecule has 0 radical (unpaired) electrons. The van der Waals surface area contributed by atoms with E-state index in [0.29, 0.717) is 32.6 Å². The Kier molecular flexibility index (Phi) is 8.10. The Bertz CT molecular complexity index is 779. The van der Waals surface area contributed by atoms with Gasteiger partial charge in [-0.3, -0.25) is 9.69 Å². The number of fused-ring (bicyclic) bond motifs is 1. The van der Waals surface area contributed by atoms with E-state index in [1.807, 2.05) is 42.5 Å². The second-order valence-corrected chi connectivity index (χ2v) is 6.83. The topological polar surface area (TPSA) is 44.4 Å². The summed E-state index contributed by atoms with van der Waals surface area (Å²) >= 11 is 0. The van der Waals surface area contributed by atoms with Crippen LogP contribution in [-0.2, 0) is 11.2 Å². The van der Waals surface area contributed by atoms with Crippen LogP contribution < -0.4 is 10.6 Å². The molecule has 0 aliphatic carbocycles. The highest BCUT2D eigenvalue weighted by atomic mass is 35.5. The molecule has 1 saturated heterocycles. The lowest BCUT2D eigenvalue weighted by atomic mass is 10.0. The Morgan fingerprint density at radius 3 is 2.46 bits per heavy atom. The van der Waals surface area contributed by atoms with E-state index in [1.165, 1.54) is 4.90 Å². The van der Waals surface area contributed by atoms with Crippen LogP contribution in [0.2, 0.25) is 0 Å². The number of rotatable bonds is 6. The molecule has 4 nitrogen and oxygen atoms in total. The maximum atomic E-state index is 13.3. The third-order valence-electron chi connectivity index (χ3n) is 4.92. The summed E-state index contributed by atoms with van der Waals surface area (Å²) in [4.78, 5) is 13.5. The van der Waals surface area contributed by atoms with Crippen LogP contribution in [0.1, 0.15) is 12.0 Å². The summed E-state index contributed by atoms with van der Waals surface area (Å²) < 4.78 is 40.0. The Morgan fingerprint density at radius 2 is 1.79 bits per heavy atom. The first-order valence-corrected chi connectivity index (χ1v) is 9.19. The van der Waals surface area contributed by atoms with Crippen molar-refractivity contribution < 1.29 is 18.0 Å². The number of hydrogen-bond donors (Lipinski definition) is 2. The Balaban J connectivity index is 0.00000280. The first kappa shape index (κ1) is 22.5. The van der Waals surface area contributed by atoms with Gasteiger partial charge < -0.3 is 10.6 Å². The van der Waals surface area contributed by atoms with E-state index in [-0.39, 0.29) is 24.7 Å². The molecule has 0 saturated carbocycles. The number of nitrogens with zero attached hydrogens (tertiary/aromatic N) is 1. The second-order valence-electron chi connectivity index (χ2n) is 6.83. The zero-order chi connectivity index (χ0) is 19.3. The number of carbonyl (C=O) groups is 1. The van der Waals surface area contributed by atoms with Gasteiger partial charge >= 0.3 is 6.18 Å². The van der Waals surface area contributed by atoms with Crippen molar-refractivity contribution in [3.8, 4) is 0 Å². The van der Waals surface area contributed by atoms with Crippen molar-refractivity contribution in [2.24, 2.45) is 0 Å². The predicted molar refractivity (Wildman–Crippen MR) is 107 cm³/mol. The molecule has 28 heavy (non-hydrogen) atoms. The quantitative estimate of drug-likeness (QED) is 0.761. The van der Waals surface area contributed by atoms with Crippen molar-refractivity contribution >= 4 is 29.1 Å². The van der Waals surface area contributed by atoms with Gasteiger partial charge in [-0.1, -0.05) is 42.5 Å². The van der Waals surface area contributed by atoms with Crippen LogP contribution in [0.3, 0.4) is 0 Å². The minimum Gasteiger partial charge on any atom is -0.354 e. The van der Waals surface area contributed by atoms with Gasteiger partial charge in [0.25, 0.3) is 0 Å². The van der Waals surface area contributed by atoms with Crippen molar-refractivity contribution in [1.82, 2.24) is 15.5 Å². The fraction of sp³-hybridized carbons (Fsp3) is 0.450. The molecule has 1 fully saturated rings. The molecule has 0 aromatic heterocycles.